The van der Waals surface area contributed by atoms with Crippen LogP contribution in [0, 0.1) is 0 Å². The number of ether oxygens (including phenoxy) is 1. The number of carboxylic acids is 1. The quantitative estimate of drug-likeness (QED) is 0.795. The normalized spacial score (nSPS) is 9.71. The summed E-state index contributed by atoms with van der Waals surface area (Å²) in [6.45, 7) is 5.69. The first-order valence-corrected chi connectivity index (χ1v) is 5.27. The van der Waals surface area contributed by atoms with Gasteiger partial charge in [-0.05, 0) is 24.1 Å². The van der Waals surface area contributed by atoms with Crippen molar-refractivity contribution in [3.63, 3.8) is 0 Å². The van der Waals surface area contributed by atoms with E-state index < -0.39 is 11.9 Å². The maximum Gasteiger partial charge on any atom is 0.339 e. The highest BCUT2D eigenvalue weighted by Gasteiger charge is 2.17. The second kappa shape index (κ2) is 5.84. The molecule has 0 atom stereocenters. The molecule has 0 saturated heterocycles. The molecule has 0 amide bonds. The Bertz CT molecular complexity index is 449. The Morgan fingerprint density at radius 2 is 2.12 bits per heavy atom. The lowest BCUT2D eigenvalue weighted by molar-refractivity contribution is 0.0494. The molecule has 0 saturated carbocycles. The lowest BCUT2D eigenvalue weighted by Gasteiger charge is -2.07. The molecule has 17 heavy (non-hydrogen) atoms. The van der Waals surface area contributed by atoms with E-state index >= 15 is 0 Å². The Hall–Kier alpha value is -2.10. The van der Waals surface area contributed by atoms with E-state index in [9.17, 15) is 9.59 Å². The number of benzene rings is 1. The average molecular weight is 234 g/mol. The van der Waals surface area contributed by atoms with Crippen molar-refractivity contribution in [2.24, 2.45) is 0 Å². The molecule has 0 bridgehead atoms. The van der Waals surface area contributed by atoms with Crippen molar-refractivity contribution in [2.75, 3.05) is 6.61 Å². The van der Waals surface area contributed by atoms with Crippen LogP contribution < -0.4 is 0 Å². The van der Waals surface area contributed by atoms with Crippen molar-refractivity contribution >= 4 is 18.0 Å². The largest absolute Gasteiger partial charge is 0.478 e. The molecule has 0 spiro atoms. The lowest BCUT2D eigenvalue weighted by Crippen LogP contribution is -2.12. The van der Waals surface area contributed by atoms with Gasteiger partial charge in [0.2, 0.25) is 0 Å². The summed E-state index contributed by atoms with van der Waals surface area (Å²) < 4.78 is 4.91. The topological polar surface area (TPSA) is 63.6 Å². The fraction of sp³-hybridized carbons (Fsp3) is 0.231. The van der Waals surface area contributed by atoms with E-state index in [1.165, 1.54) is 18.2 Å². The molecule has 0 aliphatic heterocycles. The van der Waals surface area contributed by atoms with Crippen molar-refractivity contribution in [3.8, 4) is 0 Å². The van der Waals surface area contributed by atoms with Gasteiger partial charge in [0, 0.05) is 0 Å². The van der Waals surface area contributed by atoms with E-state index in [4.69, 9.17) is 9.84 Å². The summed E-state index contributed by atoms with van der Waals surface area (Å²) in [5.74, 6) is -1.77. The Labute approximate surface area is 99.5 Å². The van der Waals surface area contributed by atoms with Crippen LogP contribution in [0.3, 0.4) is 0 Å². The van der Waals surface area contributed by atoms with Crippen LogP contribution in [0.2, 0.25) is 0 Å². The van der Waals surface area contributed by atoms with E-state index in [1.54, 1.807) is 6.07 Å². The van der Waals surface area contributed by atoms with Gasteiger partial charge in [0.1, 0.15) is 0 Å². The van der Waals surface area contributed by atoms with Crippen LogP contribution in [0.5, 0.6) is 0 Å². The molecule has 90 valence electrons. The molecule has 1 N–H and O–H groups in total. The number of carbonyl (C=O) groups is 2. The van der Waals surface area contributed by atoms with E-state index in [2.05, 4.69) is 6.58 Å². The number of rotatable bonds is 5. The van der Waals surface area contributed by atoms with Gasteiger partial charge in [-0.3, -0.25) is 0 Å². The summed E-state index contributed by atoms with van der Waals surface area (Å²) in [6, 6.07) is 4.47. The van der Waals surface area contributed by atoms with E-state index in [0.29, 0.717) is 12.0 Å². The predicted octanol–water partition coefficient (Wildman–Crippen LogP) is 2.59. The Kier molecular flexibility index (Phi) is 4.46. The van der Waals surface area contributed by atoms with Gasteiger partial charge in [-0.2, -0.15) is 0 Å². The summed E-state index contributed by atoms with van der Waals surface area (Å²) in [5.41, 5.74) is 0.648. The molecule has 0 aliphatic carbocycles. The fourth-order valence-corrected chi connectivity index (χ4v) is 1.32. The van der Waals surface area contributed by atoms with Gasteiger partial charge < -0.3 is 9.84 Å². The molecule has 0 aliphatic rings. The SMILES string of the molecule is C=Cc1ccc(C(=O)OCCC)c(C(=O)O)c1. The minimum Gasteiger partial charge on any atom is -0.478 e. The summed E-state index contributed by atoms with van der Waals surface area (Å²) in [7, 11) is 0. The number of carboxylic acid groups (broad SMARTS) is 1. The van der Waals surface area contributed by atoms with E-state index in [1.807, 2.05) is 6.92 Å². The average Bonchev–Trinajstić information content (AvgIpc) is 2.35. The third-order valence-electron chi connectivity index (χ3n) is 2.17. The standard InChI is InChI=1S/C13H14O4/c1-3-7-17-13(16)10-6-5-9(4-2)8-11(10)12(14)15/h4-6,8H,2-3,7H2,1H3,(H,14,15). The van der Waals surface area contributed by atoms with Crippen LogP contribution in [0.15, 0.2) is 24.8 Å². The van der Waals surface area contributed by atoms with E-state index in [0.717, 1.165) is 0 Å². The second-order valence-electron chi connectivity index (χ2n) is 3.45. The zero-order valence-corrected chi connectivity index (χ0v) is 9.60. The lowest BCUT2D eigenvalue weighted by atomic mass is 10.0. The molecule has 1 rings (SSSR count). The third-order valence-corrected chi connectivity index (χ3v) is 2.17. The highest BCUT2D eigenvalue weighted by Crippen LogP contribution is 2.14. The molecule has 4 heteroatoms. The minimum atomic E-state index is -1.16. The molecule has 0 aromatic heterocycles. The first-order valence-electron chi connectivity index (χ1n) is 5.27. The van der Waals surface area contributed by atoms with Crippen molar-refractivity contribution < 1.29 is 19.4 Å². The van der Waals surface area contributed by atoms with Crippen LogP contribution >= 0.6 is 0 Å². The van der Waals surface area contributed by atoms with Crippen molar-refractivity contribution in [3.05, 3.63) is 41.5 Å². The van der Waals surface area contributed by atoms with Crippen LogP contribution in [0.25, 0.3) is 6.08 Å². The molecular weight excluding hydrogens is 220 g/mol. The molecule has 1 aromatic rings. The zero-order valence-electron chi connectivity index (χ0n) is 9.60. The van der Waals surface area contributed by atoms with Crippen LogP contribution in [-0.4, -0.2) is 23.7 Å². The van der Waals surface area contributed by atoms with Gasteiger partial charge in [-0.25, -0.2) is 9.59 Å². The van der Waals surface area contributed by atoms with Gasteiger partial charge in [-0.1, -0.05) is 25.6 Å². The van der Waals surface area contributed by atoms with Gasteiger partial charge >= 0.3 is 11.9 Å². The van der Waals surface area contributed by atoms with Crippen molar-refractivity contribution in [2.45, 2.75) is 13.3 Å². The number of hydrogen-bond acceptors (Lipinski definition) is 3. The summed E-state index contributed by atoms with van der Waals surface area (Å²) in [5, 5.41) is 9.02. The zero-order chi connectivity index (χ0) is 12.8. The molecular formula is C13H14O4. The fourth-order valence-electron chi connectivity index (χ4n) is 1.32. The molecule has 4 nitrogen and oxygen atoms in total. The summed E-state index contributed by atoms with van der Waals surface area (Å²) in [4.78, 5) is 22.6. The first-order chi connectivity index (χ1) is 8.10. The molecule has 0 fully saturated rings. The monoisotopic (exact) mass is 234 g/mol. The smallest absolute Gasteiger partial charge is 0.339 e. The van der Waals surface area contributed by atoms with Gasteiger partial charge in [-0.15, -0.1) is 0 Å². The van der Waals surface area contributed by atoms with Gasteiger partial charge in [0.25, 0.3) is 0 Å². The molecule has 0 radical (unpaired) electrons. The molecule has 0 heterocycles. The van der Waals surface area contributed by atoms with Gasteiger partial charge in [0.15, 0.2) is 0 Å². The third kappa shape index (κ3) is 3.17. The number of esters is 1. The maximum atomic E-state index is 11.6. The summed E-state index contributed by atoms with van der Waals surface area (Å²) in [6.07, 6.45) is 2.21. The second-order valence-corrected chi connectivity index (χ2v) is 3.45. The minimum absolute atomic E-state index is 0.0662. The number of carbonyl (C=O) groups excluding carboxylic acids is 1. The summed E-state index contributed by atoms with van der Waals surface area (Å²) >= 11 is 0. The van der Waals surface area contributed by atoms with Crippen molar-refractivity contribution in [1.29, 1.82) is 0 Å². The number of hydrogen-bond donors (Lipinski definition) is 1. The van der Waals surface area contributed by atoms with Crippen LogP contribution in [0.4, 0.5) is 0 Å². The number of aromatic carboxylic acids is 1. The Balaban J connectivity index is 3.10. The van der Waals surface area contributed by atoms with Crippen LogP contribution in [0.1, 0.15) is 39.6 Å². The van der Waals surface area contributed by atoms with Crippen molar-refractivity contribution in [1.82, 2.24) is 0 Å². The Morgan fingerprint density at radius 3 is 2.65 bits per heavy atom. The maximum absolute atomic E-state index is 11.6. The highest BCUT2D eigenvalue weighted by molar-refractivity contribution is 6.02. The Morgan fingerprint density at radius 1 is 1.41 bits per heavy atom. The molecule has 1 aromatic carbocycles. The highest BCUT2D eigenvalue weighted by atomic mass is 16.5. The first kappa shape index (κ1) is 13.0. The van der Waals surface area contributed by atoms with Gasteiger partial charge in [0.05, 0.1) is 17.7 Å². The predicted molar refractivity (Wildman–Crippen MR) is 64.1 cm³/mol. The van der Waals surface area contributed by atoms with Crippen LogP contribution in [-0.2, 0) is 4.74 Å². The molecule has 0 unspecified atom stereocenters. The van der Waals surface area contributed by atoms with E-state index in [-0.39, 0.29) is 17.7 Å².